The summed E-state index contributed by atoms with van der Waals surface area (Å²) in [6.45, 7) is 0. The number of allylic oxidation sites excluding steroid dienone is 1. The molecule has 20 heavy (non-hydrogen) atoms. The highest BCUT2D eigenvalue weighted by molar-refractivity contribution is 6.28. The molecule has 0 saturated heterocycles. The number of rotatable bonds is 4. The van der Waals surface area contributed by atoms with Crippen LogP contribution >= 0.6 is 0 Å². The molecule has 0 aromatic heterocycles. The quantitative estimate of drug-likeness (QED) is 0.624. The van der Waals surface area contributed by atoms with Crippen LogP contribution in [0.3, 0.4) is 0 Å². The van der Waals surface area contributed by atoms with Gasteiger partial charge >= 0.3 is 0 Å². The first-order valence-corrected chi connectivity index (χ1v) is 6.32. The summed E-state index contributed by atoms with van der Waals surface area (Å²) in [5.41, 5.74) is 1.86. The number of Topliss-reactive ketones (excluding diaryl/α,β-unsaturated/α-hetero) is 1. The van der Waals surface area contributed by atoms with E-state index in [0.717, 1.165) is 0 Å². The molecule has 0 aliphatic heterocycles. The highest BCUT2D eigenvalue weighted by Crippen LogP contribution is 2.20. The fraction of sp³-hybridized carbons (Fsp3) is 0.118. The van der Waals surface area contributed by atoms with E-state index in [2.05, 4.69) is 0 Å². The lowest BCUT2D eigenvalue weighted by Gasteiger charge is -2.12. The van der Waals surface area contributed by atoms with Crippen LogP contribution in [-0.4, -0.2) is 24.8 Å². The molecule has 2 nitrogen and oxygen atoms in total. The van der Waals surface area contributed by atoms with Crippen molar-refractivity contribution in [3.63, 3.8) is 0 Å². The van der Waals surface area contributed by atoms with E-state index in [1.165, 1.54) is 12.1 Å². The lowest BCUT2D eigenvalue weighted by atomic mass is 9.97. The lowest BCUT2D eigenvalue weighted by molar-refractivity contribution is 0.105. The van der Waals surface area contributed by atoms with Crippen LogP contribution in [0, 0.1) is 5.82 Å². The Morgan fingerprint density at radius 2 is 1.55 bits per heavy atom. The van der Waals surface area contributed by atoms with E-state index in [4.69, 9.17) is 0 Å². The summed E-state index contributed by atoms with van der Waals surface area (Å²) >= 11 is 0. The summed E-state index contributed by atoms with van der Waals surface area (Å²) in [6, 6.07) is 15.0. The Balaban J connectivity index is 2.44. The monoisotopic (exact) mass is 269 g/mol. The van der Waals surface area contributed by atoms with Gasteiger partial charge in [-0.05, 0) is 17.7 Å². The summed E-state index contributed by atoms with van der Waals surface area (Å²) < 4.78 is 13.0. The van der Waals surface area contributed by atoms with Crippen LogP contribution in [0.25, 0.3) is 5.57 Å². The molecule has 0 bridgehead atoms. The van der Waals surface area contributed by atoms with Gasteiger partial charge in [-0.15, -0.1) is 0 Å². The Hall–Kier alpha value is -2.42. The molecule has 2 rings (SSSR count). The number of benzene rings is 2. The SMILES string of the molecule is CN(C)C=C(C(=O)c1ccccc1)c1ccc(F)cc1. The Morgan fingerprint density at radius 3 is 2.10 bits per heavy atom. The number of ketones is 1. The number of carbonyl (C=O) groups excluding carboxylic acids is 1. The minimum Gasteiger partial charge on any atom is -0.383 e. The first kappa shape index (κ1) is 14.0. The van der Waals surface area contributed by atoms with Crippen molar-refractivity contribution in [3.05, 3.63) is 77.7 Å². The molecule has 3 heteroatoms. The Kier molecular flexibility index (Phi) is 4.31. The van der Waals surface area contributed by atoms with Gasteiger partial charge in [0.25, 0.3) is 0 Å². The van der Waals surface area contributed by atoms with Gasteiger partial charge in [0.1, 0.15) is 5.82 Å². The molecule has 0 amide bonds. The van der Waals surface area contributed by atoms with E-state index in [0.29, 0.717) is 16.7 Å². The molecule has 0 N–H and O–H groups in total. The van der Waals surface area contributed by atoms with E-state index in [9.17, 15) is 9.18 Å². The molecule has 0 radical (unpaired) electrons. The summed E-state index contributed by atoms with van der Waals surface area (Å²) in [5, 5.41) is 0. The van der Waals surface area contributed by atoms with Crippen molar-refractivity contribution < 1.29 is 9.18 Å². The second kappa shape index (κ2) is 6.15. The predicted molar refractivity (Wildman–Crippen MR) is 78.8 cm³/mol. The normalized spacial score (nSPS) is 11.2. The second-order valence-electron chi connectivity index (χ2n) is 4.71. The zero-order chi connectivity index (χ0) is 14.5. The molecule has 0 atom stereocenters. The third-order valence-electron chi connectivity index (χ3n) is 2.82. The summed E-state index contributed by atoms with van der Waals surface area (Å²) in [4.78, 5) is 14.4. The second-order valence-corrected chi connectivity index (χ2v) is 4.71. The van der Waals surface area contributed by atoms with E-state index in [-0.39, 0.29) is 11.6 Å². The number of nitrogens with zero attached hydrogens (tertiary/aromatic N) is 1. The summed E-state index contributed by atoms with van der Waals surface area (Å²) in [5.74, 6) is -0.393. The van der Waals surface area contributed by atoms with Gasteiger partial charge in [-0.25, -0.2) is 4.39 Å². The number of carbonyl (C=O) groups is 1. The van der Waals surface area contributed by atoms with Gasteiger partial charge in [-0.1, -0.05) is 42.5 Å². The van der Waals surface area contributed by atoms with Gasteiger partial charge in [0.15, 0.2) is 5.78 Å². The maximum absolute atomic E-state index is 13.0. The van der Waals surface area contributed by atoms with Crippen molar-refractivity contribution in [3.8, 4) is 0 Å². The van der Waals surface area contributed by atoms with Gasteiger partial charge in [-0.3, -0.25) is 4.79 Å². The number of hydrogen-bond acceptors (Lipinski definition) is 2. The van der Waals surface area contributed by atoms with Crippen LogP contribution in [0.2, 0.25) is 0 Å². The van der Waals surface area contributed by atoms with Gasteiger partial charge < -0.3 is 4.90 Å². The minimum absolute atomic E-state index is 0.0779. The Labute approximate surface area is 118 Å². The van der Waals surface area contributed by atoms with Crippen LogP contribution < -0.4 is 0 Å². The van der Waals surface area contributed by atoms with Crippen molar-refractivity contribution in [2.45, 2.75) is 0 Å². The third-order valence-corrected chi connectivity index (χ3v) is 2.82. The zero-order valence-corrected chi connectivity index (χ0v) is 11.5. The molecule has 0 heterocycles. The smallest absolute Gasteiger partial charge is 0.195 e. The molecule has 0 spiro atoms. The molecule has 0 aliphatic rings. The van der Waals surface area contributed by atoms with E-state index in [1.54, 1.807) is 35.4 Å². The topological polar surface area (TPSA) is 20.3 Å². The Bertz CT molecular complexity index is 615. The average Bonchev–Trinajstić information content (AvgIpc) is 2.46. The highest BCUT2D eigenvalue weighted by Gasteiger charge is 2.14. The van der Waals surface area contributed by atoms with Crippen molar-refractivity contribution in [1.29, 1.82) is 0 Å². The first-order chi connectivity index (χ1) is 9.58. The van der Waals surface area contributed by atoms with Crippen LogP contribution in [0.1, 0.15) is 15.9 Å². The molecule has 2 aromatic carbocycles. The highest BCUT2D eigenvalue weighted by atomic mass is 19.1. The zero-order valence-electron chi connectivity index (χ0n) is 11.5. The molecular weight excluding hydrogens is 253 g/mol. The fourth-order valence-corrected chi connectivity index (χ4v) is 1.90. The largest absolute Gasteiger partial charge is 0.383 e. The lowest BCUT2D eigenvalue weighted by Crippen LogP contribution is -2.09. The van der Waals surface area contributed by atoms with Gasteiger partial charge in [0.2, 0.25) is 0 Å². The molecule has 0 fully saturated rings. The van der Waals surface area contributed by atoms with Crippen molar-refractivity contribution in [1.82, 2.24) is 4.90 Å². The number of hydrogen-bond donors (Lipinski definition) is 0. The summed E-state index contributed by atoms with van der Waals surface area (Å²) in [7, 11) is 3.70. The van der Waals surface area contributed by atoms with Crippen molar-refractivity contribution in [2.75, 3.05) is 14.1 Å². The van der Waals surface area contributed by atoms with Gasteiger partial charge in [0.05, 0.1) is 0 Å². The molecule has 102 valence electrons. The van der Waals surface area contributed by atoms with Crippen LogP contribution in [-0.2, 0) is 0 Å². The van der Waals surface area contributed by atoms with Gasteiger partial charge in [0, 0.05) is 31.4 Å². The molecular formula is C17H16FNO. The maximum atomic E-state index is 13.0. The van der Waals surface area contributed by atoms with Crippen LogP contribution in [0.4, 0.5) is 4.39 Å². The predicted octanol–water partition coefficient (Wildman–Crippen LogP) is 3.61. The van der Waals surface area contributed by atoms with E-state index >= 15 is 0 Å². The average molecular weight is 269 g/mol. The standard InChI is InChI=1S/C17H16FNO/c1-19(2)12-16(13-8-10-15(18)11-9-13)17(20)14-6-4-3-5-7-14/h3-12H,1-2H3. The Morgan fingerprint density at radius 1 is 0.950 bits per heavy atom. The molecule has 0 saturated carbocycles. The summed E-state index contributed by atoms with van der Waals surface area (Å²) in [6.07, 6.45) is 1.75. The fourth-order valence-electron chi connectivity index (χ4n) is 1.90. The van der Waals surface area contributed by atoms with Crippen molar-refractivity contribution >= 4 is 11.4 Å². The van der Waals surface area contributed by atoms with Gasteiger partial charge in [-0.2, -0.15) is 0 Å². The molecule has 0 unspecified atom stereocenters. The minimum atomic E-state index is -0.315. The maximum Gasteiger partial charge on any atom is 0.195 e. The molecule has 0 aliphatic carbocycles. The van der Waals surface area contributed by atoms with E-state index in [1.807, 2.05) is 32.3 Å². The van der Waals surface area contributed by atoms with Crippen LogP contribution in [0.5, 0.6) is 0 Å². The number of halogens is 1. The molecule has 2 aromatic rings. The van der Waals surface area contributed by atoms with Crippen LogP contribution in [0.15, 0.2) is 60.8 Å². The third kappa shape index (κ3) is 3.32. The van der Waals surface area contributed by atoms with Crippen molar-refractivity contribution in [2.24, 2.45) is 0 Å². The van der Waals surface area contributed by atoms with E-state index < -0.39 is 0 Å². The first-order valence-electron chi connectivity index (χ1n) is 6.32.